The average Bonchev–Trinajstić information content (AvgIpc) is 3.11. The number of halogens is 6. The second-order valence-electron chi connectivity index (χ2n) is 11.8. The number of sulfone groups is 1. The van der Waals surface area contributed by atoms with Gasteiger partial charge in [-0.25, -0.2) is 12.8 Å². The van der Waals surface area contributed by atoms with Gasteiger partial charge in [-0.3, -0.25) is 0 Å². The fourth-order valence-electron chi connectivity index (χ4n) is 5.72. The summed E-state index contributed by atoms with van der Waals surface area (Å²) in [5, 5.41) is 10.0. The van der Waals surface area contributed by atoms with Gasteiger partial charge < -0.3 is 10.0 Å². The van der Waals surface area contributed by atoms with Gasteiger partial charge in [-0.2, -0.15) is 22.0 Å². The Hall–Kier alpha value is -2.53. The molecule has 0 aromatic heterocycles. The number of hydrogen-bond acceptors (Lipinski definition) is 4. The first kappa shape index (κ1) is 35.9. The molecule has 0 saturated carbocycles. The average molecular weight is 648 g/mol. The van der Waals surface area contributed by atoms with Crippen LogP contribution in [0.15, 0.2) is 42.5 Å². The van der Waals surface area contributed by atoms with Gasteiger partial charge in [0.05, 0.1) is 11.5 Å². The van der Waals surface area contributed by atoms with Crippen LogP contribution in [0.3, 0.4) is 0 Å². The molecule has 246 valence electrons. The fraction of sp³-hybridized carbons (Fsp3) is 0.576. The van der Waals surface area contributed by atoms with Gasteiger partial charge in [-0.15, -0.1) is 0 Å². The predicted octanol–water partition coefficient (Wildman–Crippen LogP) is 8.83. The zero-order valence-corrected chi connectivity index (χ0v) is 26.1. The molecule has 1 N–H and O–H groups in total. The number of fused-ring (bicyclic) bond motifs is 1. The number of nitrogens with zero attached hydrogens (tertiary/aromatic N) is 1. The first-order chi connectivity index (χ1) is 20.7. The summed E-state index contributed by atoms with van der Waals surface area (Å²) in [4.78, 5) is 2.04. The van der Waals surface area contributed by atoms with Crippen LogP contribution in [0.2, 0.25) is 0 Å². The normalized spacial score (nSPS) is 14.6. The lowest BCUT2D eigenvalue weighted by molar-refractivity contribution is -0.284. The van der Waals surface area contributed by atoms with E-state index in [0.717, 1.165) is 74.6 Å². The molecule has 11 heteroatoms. The van der Waals surface area contributed by atoms with Crippen molar-refractivity contribution in [2.24, 2.45) is 0 Å². The number of allylic oxidation sites excluding steroid dienone is 2. The lowest BCUT2D eigenvalue weighted by Gasteiger charge is -2.19. The Bertz CT molecular complexity index is 1340. The van der Waals surface area contributed by atoms with Gasteiger partial charge in [0.1, 0.15) is 21.4 Å². The van der Waals surface area contributed by atoms with Crippen LogP contribution in [0.5, 0.6) is 5.75 Å². The number of alkyl halides is 5. The smallest absolute Gasteiger partial charge is 0.453 e. The summed E-state index contributed by atoms with van der Waals surface area (Å²) >= 11 is 0. The van der Waals surface area contributed by atoms with Crippen LogP contribution in [0.1, 0.15) is 87.3 Å². The van der Waals surface area contributed by atoms with E-state index in [2.05, 4.69) is 0 Å². The van der Waals surface area contributed by atoms with E-state index in [4.69, 9.17) is 0 Å². The van der Waals surface area contributed by atoms with Gasteiger partial charge in [0.15, 0.2) is 0 Å². The van der Waals surface area contributed by atoms with E-state index < -0.39 is 40.5 Å². The van der Waals surface area contributed by atoms with Crippen LogP contribution < -0.4 is 0 Å². The van der Waals surface area contributed by atoms with Crippen molar-refractivity contribution < 1.29 is 39.9 Å². The molecule has 0 spiro atoms. The first-order valence-corrected chi connectivity index (χ1v) is 17.1. The standard InChI is InChI=1S/C33H43F6NO3S/c1-40(21-9-23-44(42,43)22-7-5-19-32(35,36)33(37,38)39)20-6-3-2-4-11-31-29(25-13-15-27(34)16-14-25)12-8-10-26-24-28(41)17-18-30(26)31/h13-18,24,41H,2-12,19-23H2,1H3. The number of rotatable bonds is 17. The third-order valence-electron chi connectivity index (χ3n) is 8.17. The van der Waals surface area contributed by atoms with Crippen molar-refractivity contribution in [2.75, 3.05) is 31.6 Å². The Morgan fingerprint density at radius 3 is 2.18 bits per heavy atom. The number of unbranched alkanes of at least 4 members (excludes halogenated alkanes) is 4. The van der Waals surface area contributed by atoms with Crippen LogP contribution in [0.25, 0.3) is 11.1 Å². The van der Waals surface area contributed by atoms with E-state index in [9.17, 15) is 39.9 Å². The molecule has 2 aromatic carbocycles. The highest BCUT2D eigenvalue weighted by atomic mass is 32.2. The molecule has 0 aliphatic heterocycles. The highest BCUT2D eigenvalue weighted by molar-refractivity contribution is 7.91. The molecule has 0 amide bonds. The minimum Gasteiger partial charge on any atom is -0.508 e. The highest BCUT2D eigenvalue weighted by Crippen LogP contribution is 2.40. The first-order valence-electron chi connectivity index (χ1n) is 15.3. The maximum atomic E-state index is 13.6. The molecule has 0 fully saturated rings. The van der Waals surface area contributed by atoms with Gasteiger partial charge in [0, 0.05) is 6.42 Å². The Morgan fingerprint density at radius 1 is 0.818 bits per heavy atom. The minimum atomic E-state index is -5.62. The molecule has 0 radical (unpaired) electrons. The lowest BCUT2D eigenvalue weighted by Crippen LogP contribution is -2.36. The molecule has 0 bridgehead atoms. The number of aryl methyl sites for hydroxylation is 1. The molecule has 4 nitrogen and oxygen atoms in total. The maximum Gasteiger partial charge on any atom is 0.453 e. The molecule has 2 aromatic rings. The Kier molecular flexibility index (Phi) is 13.2. The molecular weight excluding hydrogens is 604 g/mol. The van der Waals surface area contributed by atoms with E-state index in [-0.39, 0.29) is 23.7 Å². The second-order valence-corrected chi connectivity index (χ2v) is 14.1. The summed E-state index contributed by atoms with van der Waals surface area (Å²) in [7, 11) is -1.61. The third-order valence-corrected chi connectivity index (χ3v) is 9.99. The van der Waals surface area contributed by atoms with Crippen LogP contribution in [-0.4, -0.2) is 62.2 Å². The van der Waals surface area contributed by atoms with Crippen LogP contribution in [-0.2, 0) is 16.3 Å². The van der Waals surface area contributed by atoms with Crippen molar-refractivity contribution in [3.8, 4) is 5.75 Å². The Balaban J connectivity index is 1.40. The topological polar surface area (TPSA) is 57.6 Å². The summed E-state index contributed by atoms with van der Waals surface area (Å²) < 4.78 is 101. The zero-order chi connectivity index (χ0) is 32.4. The van der Waals surface area contributed by atoms with Crippen molar-refractivity contribution in [2.45, 2.75) is 89.1 Å². The molecule has 0 atom stereocenters. The van der Waals surface area contributed by atoms with Crippen molar-refractivity contribution in [1.82, 2.24) is 4.90 Å². The lowest BCUT2D eigenvalue weighted by atomic mass is 9.89. The van der Waals surface area contributed by atoms with Crippen LogP contribution >= 0.6 is 0 Å². The summed E-state index contributed by atoms with van der Waals surface area (Å²) in [5.41, 5.74) is 5.77. The van der Waals surface area contributed by atoms with E-state index in [0.29, 0.717) is 13.0 Å². The Morgan fingerprint density at radius 2 is 1.48 bits per heavy atom. The van der Waals surface area contributed by atoms with E-state index in [1.165, 1.54) is 23.3 Å². The molecule has 0 unspecified atom stereocenters. The summed E-state index contributed by atoms with van der Waals surface area (Å²) in [6.07, 6.45) is 0.0808. The second kappa shape index (κ2) is 16.2. The number of aromatic hydroxyl groups is 1. The summed E-state index contributed by atoms with van der Waals surface area (Å²) in [6, 6.07) is 12.2. The van der Waals surface area contributed by atoms with Crippen molar-refractivity contribution in [3.63, 3.8) is 0 Å². The van der Waals surface area contributed by atoms with Gasteiger partial charge in [0.2, 0.25) is 0 Å². The van der Waals surface area contributed by atoms with E-state index >= 15 is 0 Å². The molecule has 3 rings (SSSR count). The fourth-order valence-corrected chi connectivity index (χ4v) is 7.14. The number of benzene rings is 2. The van der Waals surface area contributed by atoms with E-state index in [1.54, 1.807) is 6.07 Å². The minimum absolute atomic E-state index is 0.127. The maximum absolute atomic E-state index is 13.6. The Labute approximate surface area is 257 Å². The van der Waals surface area contributed by atoms with Crippen molar-refractivity contribution in [3.05, 3.63) is 65.0 Å². The summed E-state index contributed by atoms with van der Waals surface area (Å²) in [5.74, 6) is -5.33. The quantitative estimate of drug-likeness (QED) is 0.138. The monoisotopic (exact) mass is 647 g/mol. The largest absolute Gasteiger partial charge is 0.508 e. The van der Waals surface area contributed by atoms with Gasteiger partial charge in [-0.1, -0.05) is 31.0 Å². The zero-order valence-electron chi connectivity index (χ0n) is 25.2. The molecule has 0 heterocycles. The van der Waals surface area contributed by atoms with Crippen molar-refractivity contribution in [1.29, 1.82) is 0 Å². The number of phenolic OH excluding ortho intramolecular Hbond substituents is 1. The number of phenols is 1. The van der Waals surface area contributed by atoms with Gasteiger partial charge in [0.25, 0.3) is 0 Å². The third kappa shape index (κ3) is 11.1. The molecule has 1 aliphatic rings. The summed E-state index contributed by atoms with van der Waals surface area (Å²) in [6.45, 7) is 1.33. The SMILES string of the molecule is CN(CCCCCCC1=C(c2ccc(F)cc2)CCCc2cc(O)ccc21)CCCS(=O)(=O)CCCCC(F)(F)C(F)(F)F. The molecule has 44 heavy (non-hydrogen) atoms. The van der Waals surface area contributed by atoms with Gasteiger partial charge >= 0.3 is 12.1 Å². The van der Waals surface area contributed by atoms with Crippen molar-refractivity contribution >= 4 is 21.0 Å². The van der Waals surface area contributed by atoms with Crippen LogP contribution in [0.4, 0.5) is 26.3 Å². The number of hydrogen-bond donors (Lipinski definition) is 1. The van der Waals surface area contributed by atoms with Gasteiger partial charge in [-0.05, 0) is 130 Å². The molecular formula is C33H43F6NO3S. The molecule has 0 saturated heterocycles. The highest BCUT2D eigenvalue weighted by Gasteiger charge is 2.56. The predicted molar refractivity (Wildman–Crippen MR) is 163 cm³/mol. The van der Waals surface area contributed by atoms with E-state index in [1.807, 2.05) is 36.2 Å². The van der Waals surface area contributed by atoms with Crippen LogP contribution in [0, 0.1) is 5.82 Å². The molecule has 1 aliphatic carbocycles.